The van der Waals surface area contributed by atoms with Crippen molar-refractivity contribution in [1.29, 1.82) is 0 Å². The summed E-state index contributed by atoms with van der Waals surface area (Å²) < 4.78 is 2.31. The van der Waals surface area contributed by atoms with Gasteiger partial charge in [-0.15, -0.1) is 0 Å². The molecule has 0 atom stereocenters. The van der Waals surface area contributed by atoms with E-state index in [1.54, 1.807) is 6.92 Å². The molecule has 0 spiro atoms. The molecule has 0 aliphatic heterocycles. The SMILES string of the molecule is C/C=C(\C)Cn1c(C)cc2c(CC(C)=O)cccc21. The Kier molecular flexibility index (Phi) is 3.89. The van der Waals surface area contributed by atoms with Crippen LogP contribution < -0.4 is 0 Å². The number of hydrogen-bond acceptors (Lipinski definition) is 1. The second kappa shape index (κ2) is 5.43. The number of allylic oxidation sites excluding steroid dienone is 2. The largest absolute Gasteiger partial charge is 0.341 e. The number of aryl methyl sites for hydroxylation is 1. The number of fused-ring (bicyclic) bond motifs is 1. The molecule has 0 aliphatic rings. The highest BCUT2D eigenvalue weighted by atomic mass is 16.1. The molecule has 2 nitrogen and oxygen atoms in total. The summed E-state index contributed by atoms with van der Waals surface area (Å²) in [6.07, 6.45) is 2.66. The molecule has 2 heteroatoms. The predicted molar refractivity (Wildman–Crippen MR) is 80.5 cm³/mol. The minimum atomic E-state index is 0.211. The third kappa shape index (κ3) is 2.78. The first kappa shape index (κ1) is 13.6. The Bertz CT molecular complexity index is 647. The molecule has 0 amide bonds. The number of carbonyl (C=O) groups excluding carboxylic acids is 1. The van der Waals surface area contributed by atoms with E-state index in [0.717, 1.165) is 12.1 Å². The fourth-order valence-electron chi connectivity index (χ4n) is 2.45. The van der Waals surface area contributed by atoms with Gasteiger partial charge in [0.25, 0.3) is 0 Å². The van der Waals surface area contributed by atoms with E-state index in [9.17, 15) is 4.79 Å². The van der Waals surface area contributed by atoms with E-state index in [1.807, 2.05) is 6.07 Å². The predicted octanol–water partition coefficient (Wildman–Crippen LogP) is 4.05. The standard InChI is InChI=1S/C17H21NO/c1-5-12(2)11-18-13(3)9-16-15(10-14(4)19)7-6-8-17(16)18/h5-9H,10-11H2,1-4H3/b12-5+. The van der Waals surface area contributed by atoms with Crippen LogP contribution >= 0.6 is 0 Å². The number of Topliss-reactive ketones (excluding diaryl/α,β-unsaturated/α-hetero) is 1. The van der Waals surface area contributed by atoms with Gasteiger partial charge in [-0.05, 0) is 45.4 Å². The van der Waals surface area contributed by atoms with Gasteiger partial charge in [-0.1, -0.05) is 23.8 Å². The quantitative estimate of drug-likeness (QED) is 0.755. The Morgan fingerprint density at radius 1 is 1.32 bits per heavy atom. The Balaban J connectivity index is 2.55. The van der Waals surface area contributed by atoms with Crippen molar-refractivity contribution in [3.05, 3.63) is 47.2 Å². The van der Waals surface area contributed by atoms with E-state index in [2.05, 4.69) is 49.6 Å². The maximum Gasteiger partial charge on any atom is 0.134 e. The van der Waals surface area contributed by atoms with Crippen molar-refractivity contribution in [3.8, 4) is 0 Å². The van der Waals surface area contributed by atoms with Gasteiger partial charge in [0.05, 0.1) is 0 Å². The molecular formula is C17H21NO. The van der Waals surface area contributed by atoms with Gasteiger partial charge >= 0.3 is 0 Å². The van der Waals surface area contributed by atoms with Gasteiger partial charge in [0.1, 0.15) is 5.78 Å². The monoisotopic (exact) mass is 255 g/mol. The van der Waals surface area contributed by atoms with E-state index in [4.69, 9.17) is 0 Å². The molecule has 1 aromatic heterocycles. The van der Waals surface area contributed by atoms with Crippen LogP contribution in [0, 0.1) is 6.92 Å². The summed E-state index contributed by atoms with van der Waals surface area (Å²) in [5.41, 5.74) is 4.94. The van der Waals surface area contributed by atoms with E-state index < -0.39 is 0 Å². The first-order valence-corrected chi connectivity index (χ1v) is 6.72. The zero-order valence-electron chi connectivity index (χ0n) is 12.2. The van der Waals surface area contributed by atoms with Crippen molar-refractivity contribution in [3.63, 3.8) is 0 Å². The van der Waals surface area contributed by atoms with Crippen LogP contribution in [0.25, 0.3) is 10.9 Å². The first-order valence-electron chi connectivity index (χ1n) is 6.72. The topological polar surface area (TPSA) is 22.0 Å². The number of nitrogens with zero attached hydrogens (tertiary/aromatic N) is 1. The van der Waals surface area contributed by atoms with Gasteiger partial charge in [-0.3, -0.25) is 4.79 Å². The lowest BCUT2D eigenvalue weighted by atomic mass is 10.1. The molecule has 0 saturated heterocycles. The van der Waals surface area contributed by atoms with Crippen molar-refractivity contribution in [2.45, 2.75) is 40.7 Å². The number of benzene rings is 1. The molecule has 0 saturated carbocycles. The lowest BCUT2D eigenvalue weighted by Gasteiger charge is -2.09. The van der Waals surface area contributed by atoms with Crippen LogP contribution in [0.5, 0.6) is 0 Å². The number of hydrogen-bond donors (Lipinski definition) is 0. The van der Waals surface area contributed by atoms with E-state index in [-0.39, 0.29) is 5.78 Å². The van der Waals surface area contributed by atoms with Crippen LogP contribution in [0.2, 0.25) is 0 Å². The Hall–Kier alpha value is -1.83. The third-order valence-electron chi connectivity index (χ3n) is 3.58. The van der Waals surface area contributed by atoms with E-state index in [0.29, 0.717) is 6.42 Å². The van der Waals surface area contributed by atoms with Crippen LogP contribution in [0.1, 0.15) is 32.0 Å². The second-order valence-electron chi connectivity index (χ2n) is 5.24. The zero-order chi connectivity index (χ0) is 14.0. The van der Waals surface area contributed by atoms with Gasteiger partial charge < -0.3 is 4.57 Å². The lowest BCUT2D eigenvalue weighted by Crippen LogP contribution is -2.01. The Morgan fingerprint density at radius 3 is 2.68 bits per heavy atom. The zero-order valence-corrected chi connectivity index (χ0v) is 12.2. The molecule has 0 aliphatic carbocycles. The van der Waals surface area contributed by atoms with E-state index in [1.165, 1.54) is 22.2 Å². The van der Waals surface area contributed by atoms with Gasteiger partial charge in [-0.2, -0.15) is 0 Å². The minimum Gasteiger partial charge on any atom is -0.341 e. The smallest absolute Gasteiger partial charge is 0.134 e. The molecule has 0 fully saturated rings. The molecule has 0 unspecified atom stereocenters. The lowest BCUT2D eigenvalue weighted by molar-refractivity contribution is -0.116. The molecule has 1 aromatic carbocycles. The molecular weight excluding hydrogens is 234 g/mol. The van der Waals surface area contributed by atoms with Crippen molar-refractivity contribution in [1.82, 2.24) is 4.57 Å². The molecule has 0 N–H and O–H groups in total. The number of aromatic nitrogens is 1. The highest BCUT2D eigenvalue weighted by molar-refractivity contribution is 5.89. The molecule has 2 rings (SSSR count). The van der Waals surface area contributed by atoms with Crippen LogP contribution in [-0.2, 0) is 17.8 Å². The van der Waals surface area contributed by atoms with Crippen molar-refractivity contribution in [2.75, 3.05) is 0 Å². The average molecular weight is 255 g/mol. The normalized spacial score (nSPS) is 12.1. The summed E-state index contributed by atoms with van der Waals surface area (Å²) in [5.74, 6) is 0.211. The summed E-state index contributed by atoms with van der Waals surface area (Å²) in [4.78, 5) is 11.4. The maximum atomic E-state index is 11.4. The molecule has 1 heterocycles. The maximum absolute atomic E-state index is 11.4. The fraction of sp³-hybridized carbons (Fsp3) is 0.353. The summed E-state index contributed by atoms with van der Waals surface area (Å²) in [5, 5.41) is 1.21. The number of ketones is 1. The molecule has 0 bridgehead atoms. The highest BCUT2D eigenvalue weighted by Gasteiger charge is 2.10. The summed E-state index contributed by atoms with van der Waals surface area (Å²) >= 11 is 0. The molecule has 0 radical (unpaired) electrons. The number of carbonyl (C=O) groups is 1. The van der Waals surface area contributed by atoms with Crippen molar-refractivity contribution < 1.29 is 4.79 Å². The van der Waals surface area contributed by atoms with Crippen LogP contribution in [-0.4, -0.2) is 10.4 Å². The fourth-order valence-corrected chi connectivity index (χ4v) is 2.45. The Labute approximate surface area is 114 Å². The third-order valence-corrected chi connectivity index (χ3v) is 3.58. The van der Waals surface area contributed by atoms with Crippen LogP contribution in [0.15, 0.2) is 35.9 Å². The van der Waals surface area contributed by atoms with Gasteiger partial charge in [0.2, 0.25) is 0 Å². The van der Waals surface area contributed by atoms with Gasteiger partial charge in [-0.25, -0.2) is 0 Å². The minimum absolute atomic E-state index is 0.211. The molecule has 19 heavy (non-hydrogen) atoms. The Morgan fingerprint density at radius 2 is 2.05 bits per heavy atom. The molecule has 100 valence electrons. The van der Waals surface area contributed by atoms with Gasteiger partial charge in [0.15, 0.2) is 0 Å². The van der Waals surface area contributed by atoms with Crippen LogP contribution in [0.4, 0.5) is 0 Å². The number of rotatable bonds is 4. The van der Waals surface area contributed by atoms with Crippen molar-refractivity contribution >= 4 is 16.7 Å². The second-order valence-corrected chi connectivity index (χ2v) is 5.24. The summed E-state index contributed by atoms with van der Waals surface area (Å²) in [6, 6.07) is 8.42. The first-order chi connectivity index (χ1) is 9.02. The van der Waals surface area contributed by atoms with Crippen molar-refractivity contribution in [2.24, 2.45) is 0 Å². The molecule has 2 aromatic rings. The van der Waals surface area contributed by atoms with Crippen LogP contribution in [0.3, 0.4) is 0 Å². The average Bonchev–Trinajstić information content (AvgIpc) is 2.67. The summed E-state index contributed by atoms with van der Waals surface area (Å²) in [7, 11) is 0. The van der Waals surface area contributed by atoms with Gasteiger partial charge in [0, 0.05) is 29.6 Å². The highest BCUT2D eigenvalue weighted by Crippen LogP contribution is 2.24. The van der Waals surface area contributed by atoms with E-state index >= 15 is 0 Å². The summed E-state index contributed by atoms with van der Waals surface area (Å²) in [6.45, 7) is 8.89.